The number of nitrogens with zero attached hydrogens (tertiary/aromatic N) is 2. The third-order valence-corrected chi connectivity index (χ3v) is 7.16. The highest BCUT2D eigenvalue weighted by molar-refractivity contribution is 6.30. The predicted molar refractivity (Wildman–Crippen MR) is 130 cm³/mol. The Morgan fingerprint density at radius 3 is 2.43 bits per heavy atom. The van der Waals surface area contributed by atoms with Gasteiger partial charge in [-0.3, -0.25) is 14.4 Å². The number of benzene rings is 3. The van der Waals surface area contributed by atoms with Crippen LogP contribution in [0, 0.1) is 17.7 Å². The van der Waals surface area contributed by atoms with Crippen molar-refractivity contribution in [1.82, 2.24) is 4.90 Å². The molecule has 174 valence electrons. The second-order valence-corrected chi connectivity index (χ2v) is 9.26. The molecule has 0 saturated carbocycles. The Bertz CT molecular complexity index is 1410. The Balaban J connectivity index is 1.44. The molecule has 3 aromatic rings. The summed E-state index contributed by atoms with van der Waals surface area (Å²) >= 11 is 5.96. The van der Waals surface area contributed by atoms with E-state index in [1.165, 1.54) is 18.2 Å². The van der Waals surface area contributed by atoms with Gasteiger partial charge in [-0.1, -0.05) is 41.9 Å². The summed E-state index contributed by atoms with van der Waals surface area (Å²) in [4.78, 5) is 43.9. The van der Waals surface area contributed by atoms with Gasteiger partial charge >= 0.3 is 0 Å². The number of anilines is 2. The zero-order chi connectivity index (χ0) is 24.3. The summed E-state index contributed by atoms with van der Waals surface area (Å²) in [6, 6.07) is 18.2. The quantitative estimate of drug-likeness (QED) is 0.547. The first kappa shape index (κ1) is 21.6. The molecule has 3 aliphatic heterocycles. The number of carbonyl (C=O) groups is 3. The van der Waals surface area contributed by atoms with E-state index < -0.39 is 47.5 Å². The SMILES string of the molecule is O=C(Nc1ccc(Cl)cc1)C1C2C(=O)N(c3cccc(F)c3)C(=O)C2C2c3ccccc3C=CN12. The highest BCUT2D eigenvalue weighted by Crippen LogP contribution is 2.53. The fraction of sp³-hybridized carbons (Fsp3) is 0.148. The molecule has 3 aromatic carbocycles. The Morgan fingerprint density at radius 2 is 1.66 bits per heavy atom. The molecular weight excluding hydrogens is 469 g/mol. The summed E-state index contributed by atoms with van der Waals surface area (Å²) in [5.74, 6) is -3.63. The molecular formula is C27H19ClFN3O3. The van der Waals surface area contributed by atoms with E-state index in [0.29, 0.717) is 10.7 Å². The Morgan fingerprint density at radius 1 is 0.914 bits per heavy atom. The van der Waals surface area contributed by atoms with Gasteiger partial charge in [0.05, 0.1) is 23.6 Å². The summed E-state index contributed by atoms with van der Waals surface area (Å²) in [6.07, 6.45) is 3.67. The third-order valence-electron chi connectivity index (χ3n) is 6.91. The number of fused-ring (bicyclic) bond motifs is 5. The average molecular weight is 488 g/mol. The fourth-order valence-corrected chi connectivity index (χ4v) is 5.60. The van der Waals surface area contributed by atoms with Crippen molar-refractivity contribution >= 4 is 46.8 Å². The molecule has 2 saturated heterocycles. The molecule has 3 heterocycles. The van der Waals surface area contributed by atoms with Gasteiger partial charge in [0.2, 0.25) is 17.7 Å². The topological polar surface area (TPSA) is 69.7 Å². The second-order valence-electron chi connectivity index (χ2n) is 8.82. The van der Waals surface area contributed by atoms with E-state index in [-0.39, 0.29) is 5.69 Å². The van der Waals surface area contributed by atoms with Gasteiger partial charge in [0.25, 0.3) is 0 Å². The van der Waals surface area contributed by atoms with Crippen LogP contribution in [0.5, 0.6) is 0 Å². The first-order valence-corrected chi connectivity index (χ1v) is 11.6. The lowest BCUT2D eigenvalue weighted by atomic mass is 9.84. The van der Waals surface area contributed by atoms with Gasteiger partial charge in [0.1, 0.15) is 11.9 Å². The van der Waals surface area contributed by atoms with Crippen LogP contribution < -0.4 is 10.2 Å². The summed E-state index contributed by atoms with van der Waals surface area (Å²) in [5.41, 5.74) is 2.49. The van der Waals surface area contributed by atoms with Crippen molar-refractivity contribution in [3.63, 3.8) is 0 Å². The van der Waals surface area contributed by atoms with Gasteiger partial charge in [-0.15, -0.1) is 0 Å². The van der Waals surface area contributed by atoms with Crippen LogP contribution in [0.15, 0.2) is 79.0 Å². The number of amides is 3. The molecule has 3 aliphatic rings. The number of rotatable bonds is 3. The van der Waals surface area contributed by atoms with E-state index in [0.717, 1.165) is 22.1 Å². The largest absolute Gasteiger partial charge is 0.357 e. The van der Waals surface area contributed by atoms with Crippen molar-refractivity contribution in [2.24, 2.45) is 11.8 Å². The van der Waals surface area contributed by atoms with Crippen molar-refractivity contribution in [2.45, 2.75) is 12.1 Å². The summed E-state index contributed by atoms with van der Waals surface area (Å²) in [5, 5.41) is 3.39. The third kappa shape index (κ3) is 3.34. The van der Waals surface area contributed by atoms with E-state index in [4.69, 9.17) is 11.6 Å². The van der Waals surface area contributed by atoms with Crippen molar-refractivity contribution in [3.8, 4) is 0 Å². The smallest absolute Gasteiger partial charge is 0.247 e. The van der Waals surface area contributed by atoms with E-state index in [1.807, 2.05) is 35.2 Å². The molecule has 0 radical (unpaired) electrons. The molecule has 1 N–H and O–H groups in total. The predicted octanol–water partition coefficient (Wildman–Crippen LogP) is 4.63. The van der Waals surface area contributed by atoms with Crippen LogP contribution in [0.25, 0.3) is 6.08 Å². The molecule has 3 amide bonds. The standard InChI is InChI=1S/C27H19ClFN3O3/c28-16-8-10-18(11-9-16)30-25(33)24-22-21(23-20-7-2-1-4-15(20)12-13-31(23)24)26(34)32(27(22)35)19-6-3-5-17(29)14-19/h1-14,21-24H,(H,30,33). The van der Waals surface area contributed by atoms with Crippen LogP contribution in [0.2, 0.25) is 5.02 Å². The highest BCUT2D eigenvalue weighted by Gasteiger charge is 2.64. The molecule has 0 aromatic heterocycles. The molecule has 4 atom stereocenters. The zero-order valence-electron chi connectivity index (χ0n) is 18.3. The van der Waals surface area contributed by atoms with Gasteiger partial charge < -0.3 is 10.2 Å². The maximum atomic E-state index is 14.0. The van der Waals surface area contributed by atoms with Crippen molar-refractivity contribution in [3.05, 3.63) is 101 Å². The summed E-state index contributed by atoms with van der Waals surface area (Å²) in [7, 11) is 0. The maximum Gasteiger partial charge on any atom is 0.247 e. The van der Waals surface area contributed by atoms with E-state index in [1.54, 1.807) is 30.5 Å². The van der Waals surface area contributed by atoms with Crippen LogP contribution in [-0.4, -0.2) is 28.7 Å². The molecule has 0 aliphatic carbocycles. The van der Waals surface area contributed by atoms with Crippen molar-refractivity contribution < 1.29 is 18.8 Å². The van der Waals surface area contributed by atoms with E-state index >= 15 is 0 Å². The number of carbonyl (C=O) groups excluding carboxylic acids is 3. The number of hydrogen-bond acceptors (Lipinski definition) is 4. The van der Waals surface area contributed by atoms with Gasteiger partial charge in [-0.05, 0) is 59.7 Å². The maximum absolute atomic E-state index is 14.0. The second kappa shape index (κ2) is 8.06. The molecule has 2 fully saturated rings. The molecule has 6 rings (SSSR count). The Labute approximate surface area is 205 Å². The highest BCUT2D eigenvalue weighted by atomic mass is 35.5. The molecule has 0 spiro atoms. The molecule has 6 nitrogen and oxygen atoms in total. The molecule has 35 heavy (non-hydrogen) atoms. The number of nitrogens with one attached hydrogen (secondary N) is 1. The van der Waals surface area contributed by atoms with Gasteiger partial charge in [-0.25, -0.2) is 9.29 Å². The lowest BCUT2D eigenvalue weighted by Crippen LogP contribution is -2.46. The number of hydrogen-bond donors (Lipinski definition) is 1. The van der Waals surface area contributed by atoms with Crippen LogP contribution in [-0.2, 0) is 14.4 Å². The minimum absolute atomic E-state index is 0.164. The minimum Gasteiger partial charge on any atom is -0.357 e. The van der Waals surface area contributed by atoms with Gasteiger partial charge in [-0.2, -0.15) is 0 Å². The van der Waals surface area contributed by atoms with E-state index in [9.17, 15) is 18.8 Å². The zero-order valence-corrected chi connectivity index (χ0v) is 19.0. The molecule has 4 unspecified atom stereocenters. The average Bonchev–Trinajstić information content (AvgIpc) is 3.33. The number of halogens is 2. The lowest BCUT2D eigenvalue weighted by molar-refractivity contribution is -0.128. The Hall–Kier alpha value is -3.97. The Kier molecular flexibility index (Phi) is 4.96. The molecule has 8 heteroatoms. The van der Waals surface area contributed by atoms with Crippen LogP contribution in [0.3, 0.4) is 0 Å². The first-order chi connectivity index (χ1) is 16.9. The fourth-order valence-electron chi connectivity index (χ4n) is 5.48. The summed E-state index contributed by atoms with van der Waals surface area (Å²) < 4.78 is 14.0. The van der Waals surface area contributed by atoms with Crippen LogP contribution in [0.4, 0.5) is 15.8 Å². The lowest BCUT2D eigenvalue weighted by Gasteiger charge is -2.35. The van der Waals surface area contributed by atoms with Crippen LogP contribution >= 0.6 is 11.6 Å². The van der Waals surface area contributed by atoms with E-state index in [2.05, 4.69) is 5.32 Å². The van der Waals surface area contributed by atoms with Crippen LogP contribution in [0.1, 0.15) is 17.2 Å². The molecule has 0 bridgehead atoms. The van der Waals surface area contributed by atoms with Crippen molar-refractivity contribution in [1.29, 1.82) is 0 Å². The minimum atomic E-state index is -0.932. The van der Waals surface area contributed by atoms with Crippen molar-refractivity contribution in [2.75, 3.05) is 10.2 Å². The van der Waals surface area contributed by atoms with Gasteiger partial charge in [0, 0.05) is 16.9 Å². The van der Waals surface area contributed by atoms with Gasteiger partial charge in [0.15, 0.2) is 0 Å². The summed E-state index contributed by atoms with van der Waals surface area (Å²) in [6.45, 7) is 0. The number of imide groups is 1. The normalized spacial score (nSPS) is 24.3. The first-order valence-electron chi connectivity index (χ1n) is 11.2. The monoisotopic (exact) mass is 487 g/mol.